The summed E-state index contributed by atoms with van der Waals surface area (Å²) < 4.78 is 45.1. The van der Waals surface area contributed by atoms with E-state index >= 15 is 0 Å². The average Bonchev–Trinajstić information content (AvgIpc) is 3.57. The molecule has 1 aromatic heterocycles. The van der Waals surface area contributed by atoms with Crippen molar-refractivity contribution in [1.29, 1.82) is 0 Å². The first-order valence-corrected chi connectivity index (χ1v) is 14.5. The zero-order valence-electron chi connectivity index (χ0n) is 21.7. The van der Waals surface area contributed by atoms with Crippen LogP contribution < -0.4 is 14.8 Å². The Morgan fingerprint density at radius 2 is 2.00 bits per heavy atom. The van der Waals surface area contributed by atoms with E-state index in [0.29, 0.717) is 55.1 Å². The zero-order chi connectivity index (χ0) is 26.2. The summed E-state index contributed by atoms with van der Waals surface area (Å²) in [4.78, 5) is 15.6. The number of carbonyl (C=O) groups is 1. The summed E-state index contributed by atoms with van der Waals surface area (Å²) in [6.07, 6.45) is 4.30. The molecule has 11 heteroatoms. The van der Waals surface area contributed by atoms with E-state index in [2.05, 4.69) is 27.5 Å². The van der Waals surface area contributed by atoms with E-state index in [0.717, 1.165) is 25.8 Å². The Balaban J connectivity index is 1.42. The van der Waals surface area contributed by atoms with Gasteiger partial charge in [-0.25, -0.2) is 8.42 Å². The van der Waals surface area contributed by atoms with Gasteiger partial charge in [0.2, 0.25) is 15.9 Å². The first kappa shape index (κ1) is 26.0. The Morgan fingerprint density at radius 3 is 2.76 bits per heavy atom. The molecule has 3 atom stereocenters. The quantitative estimate of drug-likeness (QED) is 0.642. The van der Waals surface area contributed by atoms with Gasteiger partial charge in [0.25, 0.3) is 0 Å². The van der Waals surface area contributed by atoms with Crippen molar-refractivity contribution in [3.05, 3.63) is 35.2 Å². The Labute approximate surface area is 218 Å². The zero-order valence-corrected chi connectivity index (χ0v) is 22.6. The smallest absolute Gasteiger partial charge is 0.248 e. The van der Waals surface area contributed by atoms with Crippen LogP contribution in [-0.4, -0.2) is 74.6 Å². The van der Waals surface area contributed by atoms with Crippen molar-refractivity contribution in [3.63, 3.8) is 0 Å². The molecule has 37 heavy (non-hydrogen) atoms. The molecule has 202 valence electrons. The number of amides is 1. The number of methoxy groups -OCH3 is 1. The lowest BCUT2D eigenvalue weighted by molar-refractivity contribution is -0.121. The molecule has 0 saturated carbocycles. The average molecular weight is 533 g/mol. The normalized spacial score (nSPS) is 25.9. The minimum Gasteiger partial charge on any atom is -0.493 e. The number of benzene rings is 1. The maximum atomic E-state index is 13.5. The number of hydrogen-bond acceptors (Lipinski definition) is 8. The molecule has 1 aromatic carbocycles. The van der Waals surface area contributed by atoms with Gasteiger partial charge in [0.15, 0.2) is 17.3 Å². The first-order valence-electron chi connectivity index (χ1n) is 13.1. The van der Waals surface area contributed by atoms with Crippen LogP contribution in [0.4, 0.5) is 0 Å². The molecular weight excluding hydrogens is 496 g/mol. The van der Waals surface area contributed by atoms with Crippen LogP contribution in [0.15, 0.2) is 27.6 Å². The minimum atomic E-state index is -3.96. The number of fused-ring (bicyclic) bond motifs is 8. The fourth-order valence-corrected chi connectivity index (χ4v) is 7.86. The van der Waals surface area contributed by atoms with E-state index in [-0.39, 0.29) is 35.7 Å². The first-order chi connectivity index (χ1) is 17.8. The molecule has 10 nitrogen and oxygen atoms in total. The summed E-state index contributed by atoms with van der Waals surface area (Å²) in [6, 6.07) is 6.82. The van der Waals surface area contributed by atoms with Gasteiger partial charge in [0.1, 0.15) is 10.6 Å². The molecule has 0 aliphatic carbocycles. The highest BCUT2D eigenvalue weighted by Crippen LogP contribution is 2.46. The van der Waals surface area contributed by atoms with Crippen LogP contribution in [-0.2, 0) is 14.8 Å². The number of carbonyl (C=O) groups excluding carboxylic acids is 1. The van der Waals surface area contributed by atoms with Crippen LogP contribution in [0.5, 0.6) is 11.5 Å². The second-order valence-electron chi connectivity index (χ2n) is 10.2. The van der Waals surface area contributed by atoms with Crippen LogP contribution in [0.1, 0.15) is 55.2 Å². The number of aryl methyl sites for hydroxylation is 2. The predicted octanol–water partition coefficient (Wildman–Crippen LogP) is 2.81. The van der Waals surface area contributed by atoms with Gasteiger partial charge in [-0.05, 0) is 76.1 Å². The molecule has 2 saturated heterocycles. The molecule has 5 rings (SSSR count). The van der Waals surface area contributed by atoms with Crippen LogP contribution in [0.2, 0.25) is 0 Å². The minimum absolute atomic E-state index is 0.0349. The SMILES string of the molecule is COc1ccc2cc1OCCCCN(S(=O)(=O)c1c(C)noc1C)CC(=O)NC[C@H]1C[C@H]2N2CCC[C@@H]12. The molecule has 0 spiro atoms. The summed E-state index contributed by atoms with van der Waals surface area (Å²) in [6.45, 7) is 5.07. The lowest BCUT2D eigenvalue weighted by atomic mass is 9.94. The molecular formula is C26H36N4O6S. The van der Waals surface area contributed by atoms with Crippen LogP contribution >= 0.6 is 0 Å². The van der Waals surface area contributed by atoms with E-state index in [1.807, 2.05) is 6.07 Å². The van der Waals surface area contributed by atoms with Gasteiger partial charge in [0, 0.05) is 25.2 Å². The van der Waals surface area contributed by atoms with Crippen molar-refractivity contribution < 1.29 is 27.2 Å². The summed E-state index contributed by atoms with van der Waals surface area (Å²) in [5.74, 6) is 1.62. The molecule has 2 aromatic rings. The maximum absolute atomic E-state index is 13.5. The summed E-state index contributed by atoms with van der Waals surface area (Å²) in [7, 11) is -2.33. The Hall–Kier alpha value is -2.63. The summed E-state index contributed by atoms with van der Waals surface area (Å²) in [5.41, 5.74) is 1.50. The lowest BCUT2D eigenvalue weighted by Gasteiger charge is -2.25. The molecule has 4 heterocycles. The van der Waals surface area contributed by atoms with Gasteiger partial charge in [-0.2, -0.15) is 4.31 Å². The monoisotopic (exact) mass is 532 g/mol. The van der Waals surface area contributed by atoms with Crippen molar-refractivity contribution in [2.24, 2.45) is 5.92 Å². The van der Waals surface area contributed by atoms with Crippen molar-refractivity contribution in [1.82, 2.24) is 19.7 Å². The van der Waals surface area contributed by atoms with Gasteiger partial charge < -0.3 is 19.3 Å². The van der Waals surface area contributed by atoms with Gasteiger partial charge >= 0.3 is 0 Å². The number of nitrogens with one attached hydrogen (secondary N) is 1. The second-order valence-corrected chi connectivity index (χ2v) is 12.1. The number of nitrogens with zero attached hydrogens (tertiary/aromatic N) is 3. The molecule has 3 aliphatic heterocycles. The topological polar surface area (TPSA) is 114 Å². The fourth-order valence-electron chi connectivity index (χ4n) is 6.14. The number of rotatable bonds is 3. The molecule has 1 N–H and O–H groups in total. The number of ether oxygens (including phenoxy) is 2. The van der Waals surface area contributed by atoms with Crippen molar-refractivity contribution in [3.8, 4) is 11.5 Å². The summed E-state index contributed by atoms with van der Waals surface area (Å²) >= 11 is 0. The Kier molecular flexibility index (Phi) is 7.46. The van der Waals surface area contributed by atoms with Gasteiger partial charge in [-0.15, -0.1) is 0 Å². The maximum Gasteiger partial charge on any atom is 0.248 e. The van der Waals surface area contributed by atoms with Gasteiger partial charge in [-0.3, -0.25) is 9.69 Å². The molecule has 0 unspecified atom stereocenters. The Morgan fingerprint density at radius 1 is 1.16 bits per heavy atom. The lowest BCUT2D eigenvalue weighted by Crippen LogP contribution is -2.43. The van der Waals surface area contributed by atoms with E-state index in [4.69, 9.17) is 14.0 Å². The molecule has 2 fully saturated rings. The number of sulfonamides is 1. The van der Waals surface area contributed by atoms with E-state index in [1.54, 1.807) is 21.0 Å². The molecule has 0 radical (unpaired) electrons. The van der Waals surface area contributed by atoms with E-state index < -0.39 is 10.0 Å². The third kappa shape index (κ3) is 5.08. The third-order valence-electron chi connectivity index (χ3n) is 7.89. The standard InChI is InChI=1S/C26H36N4O6S/c1-17-26(18(2)36-28-17)37(32,33)29-10-4-5-12-35-24-14-19(8-9-23(24)34-3)22-13-20(15-27-25(31)16-29)21-7-6-11-30(21)22/h8-9,14,20-22H,4-7,10-13,15-16H2,1-3H3,(H,27,31)/t20-,21+,22-/m1/s1. The highest BCUT2D eigenvalue weighted by molar-refractivity contribution is 7.89. The van der Waals surface area contributed by atoms with E-state index in [1.165, 1.54) is 9.87 Å². The molecule has 1 amide bonds. The van der Waals surface area contributed by atoms with Gasteiger partial charge in [-0.1, -0.05) is 11.2 Å². The molecule has 3 aliphatic rings. The van der Waals surface area contributed by atoms with Crippen molar-refractivity contribution >= 4 is 15.9 Å². The largest absolute Gasteiger partial charge is 0.493 e. The van der Waals surface area contributed by atoms with Crippen LogP contribution in [0.3, 0.4) is 0 Å². The third-order valence-corrected chi connectivity index (χ3v) is 9.98. The predicted molar refractivity (Wildman–Crippen MR) is 136 cm³/mol. The van der Waals surface area contributed by atoms with E-state index in [9.17, 15) is 13.2 Å². The highest BCUT2D eigenvalue weighted by atomic mass is 32.2. The summed E-state index contributed by atoms with van der Waals surface area (Å²) in [5, 5.41) is 6.86. The van der Waals surface area contributed by atoms with Crippen LogP contribution in [0.25, 0.3) is 0 Å². The molecule has 4 bridgehead atoms. The van der Waals surface area contributed by atoms with Crippen LogP contribution in [0, 0.1) is 19.8 Å². The van der Waals surface area contributed by atoms with Crippen molar-refractivity contribution in [2.75, 3.05) is 39.9 Å². The number of aromatic nitrogens is 1. The fraction of sp³-hybridized carbons (Fsp3) is 0.615. The second kappa shape index (κ2) is 10.6. The highest BCUT2D eigenvalue weighted by Gasteiger charge is 2.44. The Bertz CT molecular complexity index is 1230. The number of hydrogen-bond donors (Lipinski definition) is 1. The van der Waals surface area contributed by atoms with Gasteiger partial charge in [0.05, 0.1) is 20.3 Å². The van der Waals surface area contributed by atoms with Crippen molar-refractivity contribution in [2.45, 2.75) is 62.9 Å².